The molecule has 3 atom stereocenters. The summed E-state index contributed by atoms with van der Waals surface area (Å²) in [5.74, 6) is 22.7. The fraction of sp³-hybridized carbons (Fsp3) is 0.512. The van der Waals surface area contributed by atoms with Crippen molar-refractivity contribution >= 4 is 84.5 Å². The Morgan fingerprint density at radius 3 is 1.40 bits per heavy atom. The molecule has 572 valence electrons. The number of nitrogens with zero attached hydrogens (tertiary/aromatic N) is 2. The highest BCUT2D eigenvalue weighted by molar-refractivity contribution is 7.92. The summed E-state index contributed by atoms with van der Waals surface area (Å²) in [6.07, 6.45) is 14.7. The molecular formula is C86H126B3ClN2O12P+. The fourth-order valence-electron chi connectivity index (χ4n) is 14.8. The Hall–Kier alpha value is -7.15. The van der Waals surface area contributed by atoms with Gasteiger partial charge in [-0.2, -0.15) is 0 Å². The Bertz CT molecular complexity index is 4520. The average molecular weight is 1480 g/mol. The molecule has 12 rings (SSSR count). The van der Waals surface area contributed by atoms with Crippen LogP contribution in [0.1, 0.15) is 250 Å². The topological polar surface area (TPSA) is 136 Å². The van der Waals surface area contributed by atoms with E-state index in [9.17, 15) is 9.59 Å². The van der Waals surface area contributed by atoms with Gasteiger partial charge in [-0.3, -0.25) is 0 Å². The molecule has 8 heterocycles. The number of hydrogen-bond acceptors (Lipinski definition) is 12. The standard InChI is InChI=1S/C32H26P.C24H34BNO5.C18H22ClNO3.C12H24B2O4.10H2/c1-8-10-12-16-20-33(21-17-13-11-9-2)26(7)30-23-27(24(3)4)22-29(25(5)6)32(30)28-18-14-15-19-31(28)33;1-15(17-10-12-29-13-11-17)26-16(2)21(22(27)28-7)19-9-8-18(14-20(19)26)25-30-23(3,4)24(5,6)31-25;1-11(13-6-8-23-9-7-13)20-12(2)17(18(21)22-3)15-5-4-14(19)10-16(15)20;1-9(2)10(3,4)16-13(15-9)14-17-11(5,6)12(7,8)18-14;;;;;;;;;;/h1-2,14-15,18-19,22-26H,3-7H3;8-9,14-15,17H,10-13H2,1-7H3;4-5,10-11,13H,6-9H2,1-3H3;1-8H3;10*1H/q+1;;;;;;;;;;;;;. The van der Waals surface area contributed by atoms with E-state index in [0.29, 0.717) is 39.8 Å². The first-order valence-corrected chi connectivity index (χ1v) is 39.1. The van der Waals surface area contributed by atoms with Crippen molar-refractivity contribution in [2.75, 3.05) is 40.6 Å². The van der Waals surface area contributed by atoms with Gasteiger partial charge in [0.1, 0.15) is 22.3 Å². The molecule has 0 spiro atoms. The third kappa shape index (κ3) is 16.6. The van der Waals surface area contributed by atoms with Gasteiger partial charge in [0.2, 0.25) is 7.26 Å². The van der Waals surface area contributed by atoms with Gasteiger partial charge in [-0.05, 0) is 237 Å². The predicted octanol–water partition coefficient (Wildman–Crippen LogP) is 19.6. The Morgan fingerprint density at radius 2 is 0.981 bits per heavy atom. The summed E-state index contributed by atoms with van der Waals surface area (Å²) in [5, 5.41) is 3.65. The number of carbonyl (C=O) groups excluding carboxylic acids is 2. The zero-order valence-corrected chi connectivity index (χ0v) is 67.8. The SMILES string of the molecule is C#CC#CC#C[P+]1(C#CC#CC#C)c2ccccc2-c2c(C(C)C)cc(C(C)C)cc2C1C.CC1(C)OB(B2OC(C)(C)C(C)(C)O2)OC1(C)C.COC(=O)c1c(C)n(C(C)C2CCOCC2)c2cc(B3OC(C)(C)C(C)(C)O3)ccc12.COC(=O)c1c(C)n(C(C)C2CCOCC2)c2cc(Cl)ccc12.[HH].[HH].[HH].[HH].[HH].[HH].[HH].[HH].[HH].[HH]. The molecule has 0 aliphatic carbocycles. The van der Waals surface area contributed by atoms with Crippen molar-refractivity contribution < 1.29 is 70.7 Å². The van der Waals surface area contributed by atoms with Crippen LogP contribution in [0.3, 0.4) is 0 Å². The highest BCUT2D eigenvalue weighted by atomic mass is 35.5. The van der Waals surface area contributed by atoms with Crippen molar-refractivity contribution in [2.24, 2.45) is 11.8 Å². The first-order valence-electron chi connectivity index (χ1n) is 36.8. The maximum absolute atomic E-state index is 12.7. The minimum absolute atomic E-state index is 0. The molecular weight excluding hydrogens is 1350 g/mol. The van der Waals surface area contributed by atoms with Crippen LogP contribution in [0.5, 0.6) is 0 Å². The van der Waals surface area contributed by atoms with Gasteiger partial charge in [0.15, 0.2) is 0 Å². The molecule has 0 N–H and O–H groups in total. The molecule has 0 amide bonds. The Balaban J connectivity index is 0. The summed E-state index contributed by atoms with van der Waals surface area (Å²) in [5.41, 5.74) is 17.5. The van der Waals surface area contributed by atoms with Crippen LogP contribution >= 0.6 is 18.9 Å². The van der Waals surface area contributed by atoms with Gasteiger partial charge in [0.05, 0.1) is 64.5 Å². The maximum Gasteiger partial charge on any atom is 0.494 e. The van der Waals surface area contributed by atoms with Crippen molar-refractivity contribution in [1.82, 2.24) is 9.13 Å². The molecule has 5 fully saturated rings. The number of fused-ring (bicyclic) bond motifs is 5. The number of methoxy groups -OCH3 is 2. The van der Waals surface area contributed by atoms with Crippen molar-refractivity contribution in [2.45, 2.75) is 234 Å². The second-order valence-electron chi connectivity index (χ2n) is 31.9. The predicted molar refractivity (Wildman–Crippen MR) is 450 cm³/mol. The summed E-state index contributed by atoms with van der Waals surface area (Å²) in [7, 11) is -0.891. The van der Waals surface area contributed by atoms with Crippen LogP contribution in [-0.4, -0.2) is 116 Å². The fourth-order valence-corrected chi connectivity index (χ4v) is 18.1. The maximum atomic E-state index is 12.7. The molecule has 6 aromatic rings. The molecule has 0 radical (unpaired) electrons. The van der Waals surface area contributed by atoms with Gasteiger partial charge < -0.3 is 56.0 Å². The zero-order chi connectivity index (χ0) is 77.1. The number of hydrogen-bond donors (Lipinski definition) is 0. The van der Waals surface area contributed by atoms with Crippen molar-refractivity contribution in [3.63, 3.8) is 0 Å². The van der Waals surface area contributed by atoms with Crippen molar-refractivity contribution in [3.8, 4) is 82.7 Å². The van der Waals surface area contributed by atoms with Gasteiger partial charge in [0, 0.05) is 120 Å². The molecule has 6 aliphatic heterocycles. The molecule has 2 aromatic heterocycles. The lowest BCUT2D eigenvalue weighted by Crippen LogP contribution is -2.41. The van der Waals surface area contributed by atoms with E-state index < -0.39 is 39.6 Å². The number of aromatic nitrogens is 2. The smallest absolute Gasteiger partial charge is 0.465 e. The first-order chi connectivity index (χ1) is 49.4. The van der Waals surface area contributed by atoms with E-state index in [1.165, 1.54) is 47.3 Å². The number of rotatable bonds is 10. The molecule has 5 saturated heterocycles. The van der Waals surface area contributed by atoms with Gasteiger partial charge >= 0.3 is 33.1 Å². The second kappa shape index (κ2) is 32.7. The van der Waals surface area contributed by atoms with Crippen LogP contribution in [0.15, 0.2) is 72.8 Å². The van der Waals surface area contributed by atoms with Gasteiger partial charge in [-0.25, -0.2) is 9.59 Å². The summed E-state index contributed by atoms with van der Waals surface area (Å²) in [6, 6.07) is 25.5. The van der Waals surface area contributed by atoms with E-state index in [2.05, 4.69) is 186 Å². The van der Waals surface area contributed by atoms with Crippen LogP contribution in [0, 0.1) is 97.2 Å². The molecule has 19 heteroatoms. The molecule has 0 saturated carbocycles. The van der Waals surface area contributed by atoms with E-state index in [-0.39, 0.29) is 66.4 Å². The Labute approximate surface area is 647 Å². The van der Waals surface area contributed by atoms with Crippen LogP contribution in [0.2, 0.25) is 5.02 Å². The lowest BCUT2D eigenvalue weighted by molar-refractivity contribution is 0.00578. The third-order valence-electron chi connectivity index (χ3n) is 23.2. The number of ether oxygens (including phenoxy) is 4. The van der Waals surface area contributed by atoms with E-state index >= 15 is 0 Å². The van der Waals surface area contributed by atoms with E-state index in [4.69, 9.17) is 71.3 Å². The molecule has 105 heavy (non-hydrogen) atoms. The highest BCUT2D eigenvalue weighted by Gasteiger charge is 2.64. The number of terminal acetylenes is 2. The van der Waals surface area contributed by atoms with Crippen molar-refractivity contribution in [1.29, 1.82) is 0 Å². The van der Waals surface area contributed by atoms with Crippen LogP contribution in [-0.2, 0) is 46.9 Å². The highest BCUT2D eigenvalue weighted by Crippen LogP contribution is 2.72. The summed E-state index contributed by atoms with van der Waals surface area (Å²) in [4.78, 5) is 24.9. The van der Waals surface area contributed by atoms with Crippen LogP contribution in [0.25, 0.3) is 32.9 Å². The van der Waals surface area contributed by atoms with E-state index in [0.717, 1.165) is 90.8 Å². The van der Waals surface area contributed by atoms with Gasteiger partial charge in [-0.1, -0.05) is 87.8 Å². The number of halogens is 1. The largest absolute Gasteiger partial charge is 0.494 e. The molecule has 0 bridgehead atoms. The summed E-state index contributed by atoms with van der Waals surface area (Å²) in [6.45, 7) is 47.3. The van der Waals surface area contributed by atoms with Crippen molar-refractivity contribution in [3.05, 3.63) is 117 Å². The lowest BCUT2D eigenvalue weighted by atomic mass is 9.49. The normalized spacial score (nSPS) is 20.3. The second-order valence-corrected chi connectivity index (χ2v) is 35.4. The number of carbonyl (C=O) groups is 2. The molecule has 6 aliphatic rings. The van der Waals surface area contributed by atoms with E-state index in [1.54, 1.807) is 0 Å². The third-order valence-corrected chi connectivity index (χ3v) is 27.0. The van der Waals surface area contributed by atoms with Gasteiger partial charge in [-0.15, -0.1) is 12.8 Å². The average Bonchev–Trinajstić information content (AvgIpc) is 1.68. The first kappa shape index (κ1) is 81.9. The summed E-state index contributed by atoms with van der Waals surface area (Å²) >= 11 is 6.21. The van der Waals surface area contributed by atoms with Crippen LogP contribution < -0.4 is 10.8 Å². The quantitative estimate of drug-likeness (QED) is 0.0559. The van der Waals surface area contributed by atoms with Crippen LogP contribution in [0.4, 0.5) is 0 Å². The lowest BCUT2D eigenvalue weighted by Gasteiger charge is -2.33. The monoisotopic (exact) mass is 1480 g/mol. The van der Waals surface area contributed by atoms with Gasteiger partial charge in [0.25, 0.3) is 0 Å². The number of esters is 2. The zero-order valence-electron chi connectivity index (χ0n) is 66.1. The minimum Gasteiger partial charge on any atom is -0.465 e. The number of benzene rings is 4. The molecule has 14 nitrogen and oxygen atoms in total. The minimum atomic E-state index is -2.35. The summed E-state index contributed by atoms with van der Waals surface area (Å²) < 4.78 is 62.1. The Kier molecular flexibility index (Phi) is 25.5. The van der Waals surface area contributed by atoms with E-state index in [1.807, 2.05) is 99.6 Å². The molecule has 3 unspecified atom stereocenters. The molecule has 4 aromatic carbocycles. The Morgan fingerprint density at radius 1 is 0.562 bits per heavy atom.